The fourth-order valence-corrected chi connectivity index (χ4v) is 1.05. The molecule has 1 aliphatic rings. The van der Waals surface area contributed by atoms with Crippen LogP contribution in [0.15, 0.2) is 6.20 Å². The van der Waals surface area contributed by atoms with Gasteiger partial charge in [0.25, 0.3) is 5.88 Å². The summed E-state index contributed by atoms with van der Waals surface area (Å²) in [6.07, 6.45) is 3.46. The van der Waals surface area contributed by atoms with E-state index in [1.54, 1.807) is 7.05 Å². The summed E-state index contributed by atoms with van der Waals surface area (Å²) in [5, 5.41) is 2.73. The summed E-state index contributed by atoms with van der Waals surface area (Å²) in [7, 11) is 1.68. The van der Waals surface area contributed by atoms with Gasteiger partial charge in [-0.05, 0) is 18.8 Å². The predicted octanol–water partition coefficient (Wildman–Crippen LogP) is 1.45. The number of nitrogens with zero attached hydrogens (tertiary/aromatic N) is 2. The summed E-state index contributed by atoms with van der Waals surface area (Å²) in [5.74, 6) is 0.487. The topological polar surface area (TPSA) is 47.0 Å². The number of hydrogen-bond donors (Lipinski definition) is 1. The molecule has 1 heterocycles. The number of aromatic nitrogens is 2. The fraction of sp³-hybridized carbons (Fsp3) is 0.556. The smallest absolute Gasteiger partial charge is 0.255 e. The normalized spacial score (nSPS) is 15.3. The monoisotopic (exact) mass is 197 g/mol. The zero-order valence-electron chi connectivity index (χ0n) is 7.96. The molecule has 0 aromatic carbocycles. The van der Waals surface area contributed by atoms with Crippen LogP contribution in [0, 0.1) is 11.7 Å². The van der Waals surface area contributed by atoms with Crippen molar-refractivity contribution >= 4 is 5.95 Å². The summed E-state index contributed by atoms with van der Waals surface area (Å²) in [6.45, 7) is 0.553. The van der Waals surface area contributed by atoms with Crippen LogP contribution in [0.3, 0.4) is 0 Å². The first-order chi connectivity index (χ1) is 6.79. The maximum atomic E-state index is 13.1. The van der Waals surface area contributed by atoms with Gasteiger partial charge in [-0.15, -0.1) is 0 Å². The molecule has 5 heteroatoms. The van der Waals surface area contributed by atoms with Crippen LogP contribution in [0.1, 0.15) is 12.8 Å². The molecule has 1 aromatic rings. The molecule has 4 nitrogen and oxygen atoms in total. The molecule has 0 saturated heterocycles. The van der Waals surface area contributed by atoms with Crippen LogP contribution >= 0.6 is 0 Å². The molecule has 1 saturated carbocycles. The van der Waals surface area contributed by atoms with Gasteiger partial charge in [-0.3, -0.25) is 0 Å². The number of halogens is 1. The van der Waals surface area contributed by atoms with Crippen LogP contribution in [-0.4, -0.2) is 23.6 Å². The highest BCUT2D eigenvalue weighted by Crippen LogP contribution is 2.29. The average Bonchev–Trinajstić information content (AvgIpc) is 3.00. The van der Waals surface area contributed by atoms with Gasteiger partial charge in [0.05, 0.1) is 12.8 Å². The Bertz CT molecular complexity index is 328. The summed E-state index contributed by atoms with van der Waals surface area (Å²) < 4.78 is 18.3. The molecule has 0 unspecified atom stereocenters. The number of hydrogen-bond acceptors (Lipinski definition) is 4. The van der Waals surface area contributed by atoms with E-state index in [9.17, 15) is 4.39 Å². The lowest BCUT2D eigenvalue weighted by atomic mass is 10.5. The first-order valence-corrected chi connectivity index (χ1v) is 4.62. The second kappa shape index (κ2) is 3.77. The van der Waals surface area contributed by atoms with Gasteiger partial charge >= 0.3 is 0 Å². The quantitative estimate of drug-likeness (QED) is 0.793. The minimum atomic E-state index is -0.510. The molecular formula is C9H12FN3O. The maximum Gasteiger partial charge on any atom is 0.255 e. The predicted molar refractivity (Wildman–Crippen MR) is 49.8 cm³/mol. The second-order valence-electron chi connectivity index (χ2n) is 3.35. The van der Waals surface area contributed by atoms with Crippen molar-refractivity contribution in [3.63, 3.8) is 0 Å². The van der Waals surface area contributed by atoms with Crippen molar-refractivity contribution in [3.8, 4) is 5.88 Å². The molecule has 0 aliphatic heterocycles. The Labute approximate surface area is 81.5 Å². The van der Waals surface area contributed by atoms with Gasteiger partial charge in [-0.2, -0.15) is 9.37 Å². The van der Waals surface area contributed by atoms with Gasteiger partial charge in [-0.25, -0.2) is 4.98 Å². The Balaban J connectivity index is 2.04. The third-order valence-corrected chi connectivity index (χ3v) is 2.09. The number of ether oxygens (including phenoxy) is 1. The lowest BCUT2D eigenvalue weighted by molar-refractivity contribution is 0.273. The van der Waals surface area contributed by atoms with Crippen molar-refractivity contribution < 1.29 is 9.13 Å². The highest BCUT2D eigenvalue weighted by atomic mass is 19.1. The highest BCUT2D eigenvalue weighted by Gasteiger charge is 2.22. The number of rotatable bonds is 4. The Morgan fingerprint density at radius 2 is 2.43 bits per heavy atom. The van der Waals surface area contributed by atoms with Crippen molar-refractivity contribution in [1.29, 1.82) is 0 Å². The Kier molecular flexibility index (Phi) is 2.47. The summed E-state index contributed by atoms with van der Waals surface area (Å²) in [5.41, 5.74) is 0. The molecule has 1 fully saturated rings. The summed E-state index contributed by atoms with van der Waals surface area (Å²) >= 11 is 0. The SMILES string of the molecule is CNc1ncc(F)c(OCC2CC2)n1. The molecule has 0 atom stereocenters. The van der Waals surface area contributed by atoms with Crippen molar-refractivity contribution in [1.82, 2.24) is 9.97 Å². The number of anilines is 1. The Hall–Kier alpha value is -1.39. The van der Waals surface area contributed by atoms with Crippen LogP contribution in [0.2, 0.25) is 0 Å². The van der Waals surface area contributed by atoms with E-state index in [1.807, 2.05) is 0 Å². The maximum absolute atomic E-state index is 13.1. The molecule has 76 valence electrons. The van der Waals surface area contributed by atoms with Gasteiger partial charge < -0.3 is 10.1 Å². The van der Waals surface area contributed by atoms with Gasteiger partial charge in [0.2, 0.25) is 11.8 Å². The molecule has 1 aromatic heterocycles. The molecule has 0 amide bonds. The molecule has 2 rings (SSSR count). The van der Waals surface area contributed by atoms with E-state index >= 15 is 0 Å². The lowest BCUT2D eigenvalue weighted by Gasteiger charge is -2.05. The van der Waals surface area contributed by atoms with E-state index in [1.165, 1.54) is 12.8 Å². The van der Waals surface area contributed by atoms with Crippen LogP contribution in [0.5, 0.6) is 5.88 Å². The first-order valence-electron chi connectivity index (χ1n) is 4.62. The standard InChI is InChI=1S/C9H12FN3O/c1-11-9-12-4-7(10)8(13-9)14-5-6-2-3-6/h4,6H,2-3,5H2,1H3,(H,11,12,13). The van der Waals surface area contributed by atoms with E-state index in [2.05, 4.69) is 15.3 Å². The molecule has 0 bridgehead atoms. The molecule has 0 radical (unpaired) electrons. The van der Waals surface area contributed by atoms with E-state index in [-0.39, 0.29) is 5.88 Å². The van der Waals surface area contributed by atoms with Crippen molar-refractivity contribution in [3.05, 3.63) is 12.0 Å². The zero-order valence-corrected chi connectivity index (χ0v) is 7.96. The van der Waals surface area contributed by atoms with Crippen LogP contribution in [0.4, 0.5) is 10.3 Å². The minimum absolute atomic E-state index is 0.0382. The molecular weight excluding hydrogens is 185 g/mol. The van der Waals surface area contributed by atoms with E-state index < -0.39 is 5.82 Å². The van der Waals surface area contributed by atoms with Gasteiger partial charge in [0.1, 0.15) is 0 Å². The lowest BCUT2D eigenvalue weighted by Crippen LogP contribution is -2.05. The fourth-order valence-electron chi connectivity index (χ4n) is 1.05. The highest BCUT2D eigenvalue weighted by molar-refractivity contribution is 5.27. The Morgan fingerprint density at radius 3 is 3.07 bits per heavy atom. The van der Waals surface area contributed by atoms with Crippen molar-refractivity contribution in [2.75, 3.05) is 19.0 Å². The third-order valence-electron chi connectivity index (χ3n) is 2.09. The van der Waals surface area contributed by atoms with Gasteiger partial charge in [0, 0.05) is 7.05 Å². The van der Waals surface area contributed by atoms with Gasteiger partial charge in [0.15, 0.2) is 0 Å². The number of nitrogens with one attached hydrogen (secondary N) is 1. The summed E-state index contributed by atoms with van der Waals surface area (Å²) in [6, 6.07) is 0. The van der Waals surface area contributed by atoms with Crippen molar-refractivity contribution in [2.24, 2.45) is 5.92 Å². The first kappa shape index (κ1) is 9.18. The zero-order chi connectivity index (χ0) is 9.97. The molecule has 1 aliphatic carbocycles. The minimum Gasteiger partial charge on any atom is -0.475 e. The molecule has 0 spiro atoms. The van der Waals surface area contributed by atoms with Crippen LogP contribution in [0.25, 0.3) is 0 Å². The van der Waals surface area contributed by atoms with Crippen LogP contribution in [-0.2, 0) is 0 Å². The van der Waals surface area contributed by atoms with Crippen molar-refractivity contribution in [2.45, 2.75) is 12.8 Å². The summed E-state index contributed by atoms with van der Waals surface area (Å²) in [4.78, 5) is 7.59. The molecule has 1 N–H and O–H groups in total. The van der Waals surface area contributed by atoms with Crippen LogP contribution < -0.4 is 10.1 Å². The average molecular weight is 197 g/mol. The largest absolute Gasteiger partial charge is 0.475 e. The van der Waals surface area contributed by atoms with E-state index in [0.717, 1.165) is 6.20 Å². The Morgan fingerprint density at radius 1 is 1.64 bits per heavy atom. The molecule has 14 heavy (non-hydrogen) atoms. The third kappa shape index (κ3) is 2.10. The van der Waals surface area contributed by atoms with Gasteiger partial charge in [-0.1, -0.05) is 0 Å². The second-order valence-corrected chi connectivity index (χ2v) is 3.35. The van der Waals surface area contributed by atoms with E-state index in [4.69, 9.17) is 4.74 Å². The van der Waals surface area contributed by atoms with E-state index in [0.29, 0.717) is 18.5 Å².